The van der Waals surface area contributed by atoms with Gasteiger partial charge in [-0.3, -0.25) is 0 Å². The van der Waals surface area contributed by atoms with Gasteiger partial charge >= 0.3 is 0 Å². The van der Waals surface area contributed by atoms with Gasteiger partial charge in [0.05, 0.1) is 11.6 Å². The zero-order valence-corrected chi connectivity index (χ0v) is 12.8. The molecule has 0 bridgehead atoms. The summed E-state index contributed by atoms with van der Waals surface area (Å²) in [6, 6.07) is 9.89. The first-order chi connectivity index (χ1) is 9.86. The maximum Gasteiger partial charge on any atom is 0.0991 e. The average Bonchev–Trinajstić information content (AvgIpc) is 2.50. The summed E-state index contributed by atoms with van der Waals surface area (Å²) in [5.41, 5.74) is 1.91. The smallest absolute Gasteiger partial charge is 0.0991 e. The highest BCUT2D eigenvalue weighted by molar-refractivity contribution is 5.50. The Balaban J connectivity index is 2.03. The lowest BCUT2D eigenvalue weighted by Gasteiger charge is -2.00. The molecule has 1 aromatic carbocycles. The molecule has 0 N–H and O–H groups in total. The van der Waals surface area contributed by atoms with Crippen molar-refractivity contribution in [2.75, 3.05) is 0 Å². The number of allylic oxidation sites excluding steroid dienone is 1. The molecule has 1 nitrogen and oxygen atoms in total. The molecular formula is C19H27N. The third-order valence-electron chi connectivity index (χ3n) is 3.57. The lowest BCUT2D eigenvalue weighted by Crippen LogP contribution is -1.80. The summed E-state index contributed by atoms with van der Waals surface area (Å²) < 4.78 is 0. The average molecular weight is 269 g/mol. The van der Waals surface area contributed by atoms with Crippen LogP contribution in [-0.4, -0.2) is 0 Å². The predicted octanol–water partition coefficient (Wildman–Crippen LogP) is 6.10. The second kappa shape index (κ2) is 11.3. The third kappa shape index (κ3) is 7.79. The van der Waals surface area contributed by atoms with E-state index in [1.807, 2.05) is 24.3 Å². The van der Waals surface area contributed by atoms with Gasteiger partial charge in [0.15, 0.2) is 0 Å². The molecule has 0 aliphatic heterocycles. The maximum atomic E-state index is 8.73. The molecular weight excluding hydrogens is 242 g/mol. The van der Waals surface area contributed by atoms with Crippen LogP contribution in [0.25, 0.3) is 6.08 Å². The molecule has 1 rings (SSSR count). The van der Waals surface area contributed by atoms with Crippen molar-refractivity contribution in [2.45, 2.75) is 64.7 Å². The van der Waals surface area contributed by atoms with Crippen LogP contribution in [0.3, 0.4) is 0 Å². The standard InChI is InChI=1S/C19H27N/c1-2-3-4-5-6-7-8-9-10-11-12-18-13-15-19(17-20)16-14-18/h11-16H,2-10H2,1H3/b12-11+. The summed E-state index contributed by atoms with van der Waals surface area (Å²) in [5.74, 6) is 0. The van der Waals surface area contributed by atoms with E-state index in [0.717, 1.165) is 12.0 Å². The molecule has 20 heavy (non-hydrogen) atoms. The Morgan fingerprint density at radius 3 is 2.10 bits per heavy atom. The van der Waals surface area contributed by atoms with Gasteiger partial charge in [0.25, 0.3) is 0 Å². The predicted molar refractivity (Wildman–Crippen MR) is 87.4 cm³/mol. The molecule has 0 atom stereocenters. The van der Waals surface area contributed by atoms with Crippen LogP contribution < -0.4 is 0 Å². The summed E-state index contributed by atoms with van der Waals surface area (Å²) >= 11 is 0. The van der Waals surface area contributed by atoms with Crippen molar-refractivity contribution >= 4 is 6.08 Å². The SMILES string of the molecule is CCCCCCCCCC/C=C/c1ccc(C#N)cc1. The molecule has 0 saturated heterocycles. The first-order valence-corrected chi connectivity index (χ1v) is 8.03. The zero-order valence-electron chi connectivity index (χ0n) is 12.8. The van der Waals surface area contributed by atoms with Crippen molar-refractivity contribution in [2.24, 2.45) is 0 Å². The number of nitrogens with zero attached hydrogens (tertiary/aromatic N) is 1. The Kier molecular flexibility index (Phi) is 9.32. The van der Waals surface area contributed by atoms with E-state index in [9.17, 15) is 0 Å². The fourth-order valence-electron chi connectivity index (χ4n) is 2.28. The molecule has 0 aliphatic carbocycles. The van der Waals surface area contributed by atoms with Gasteiger partial charge in [0, 0.05) is 0 Å². The lowest BCUT2D eigenvalue weighted by molar-refractivity contribution is 0.578. The summed E-state index contributed by atoms with van der Waals surface area (Å²) in [6.45, 7) is 2.26. The largest absolute Gasteiger partial charge is 0.192 e. The molecule has 1 aromatic rings. The summed E-state index contributed by atoms with van der Waals surface area (Å²) in [5, 5.41) is 8.73. The quantitative estimate of drug-likeness (QED) is 0.471. The third-order valence-corrected chi connectivity index (χ3v) is 3.57. The molecule has 108 valence electrons. The Morgan fingerprint density at radius 2 is 1.50 bits per heavy atom. The van der Waals surface area contributed by atoms with E-state index in [-0.39, 0.29) is 0 Å². The highest BCUT2D eigenvalue weighted by Gasteiger charge is 1.91. The minimum atomic E-state index is 0.727. The Bertz CT molecular complexity index is 408. The molecule has 0 radical (unpaired) electrons. The summed E-state index contributed by atoms with van der Waals surface area (Å²) in [7, 11) is 0. The Morgan fingerprint density at radius 1 is 0.900 bits per heavy atom. The minimum absolute atomic E-state index is 0.727. The Labute approximate surface area is 124 Å². The highest BCUT2D eigenvalue weighted by Crippen LogP contribution is 2.11. The van der Waals surface area contributed by atoms with Gasteiger partial charge in [-0.1, -0.05) is 76.2 Å². The van der Waals surface area contributed by atoms with Gasteiger partial charge in [-0.15, -0.1) is 0 Å². The topological polar surface area (TPSA) is 23.8 Å². The summed E-state index contributed by atoms with van der Waals surface area (Å²) in [4.78, 5) is 0. The van der Waals surface area contributed by atoms with Gasteiger partial charge in [-0.05, 0) is 30.5 Å². The molecule has 0 aliphatic rings. The number of benzene rings is 1. The number of hydrogen-bond acceptors (Lipinski definition) is 1. The van der Waals surface area contributed by atoms with Gasteiger partial charge < -0.3 is 0 Å². The van der Waals surface area contributed by atoms with Crippen LogP contribution in [0.5, 0.6) is 0 Å². The van der Waals surface area contributed by atoms with E-state index in [1.165, 1.54) is 56.9 Å². The zero-order chi connectivity index (χ0) is 14.5. The van der Waals surface area contributed by atoms with Crippen LogP contribution >= 0.6 is 0 Å². The maximum absolute atomic E-state index is 8.73. The minimum Gasteiger partial charge on any atom is -0.192 e. The van der Waals surface area contributed by atoms with Gasteiger partial charge in [0.2, 0.25) is 0 Å². The monoisotopic (exact) mass is 269 g/mol. The van der Waals surface area contributed by atoms with Crippen LogP contribution in [0.15, 0.2) is 30.3 Å². The molecule has 0 saturated carbocycles. The van der Waals surface area contributed by atoms with Crippen molar-refractivity contribution < 1.29 is 0 Å². The Hall–Kier alpha value is -1.55. The van der Waals surface area contributed by atoms with Crippen LogP contribution in [0.4, 0.5) is 0 Å². The van der Waals surface area contributed by atoms with Gasteiger partial charge in [-0.2, -0.15) is 5.26 Å². The van der Waals surface area contributed by atoms with Crippen molar-refractivity contribution in [3.63, 3.8) is 0 Å². The van der Waals surface area contributed by atoms with Crippen molar-refractivity contribution in [3.8, 4) is 6.07 Å². The number of unbranched alkanes of at least 4 members (excludes halogenated alkanes) is 8. The fraction of sp³-hybridized carbons (Fsp3) is 0.526. The van der Waals surface area contributed by atoms with Crippen LogP contribution in [0.2, 0.25) is 0 Å². The first kappa shape index (κ1) is 16.5. The number of rotatable bonds is 10. The lowest BCUT2D eigenvalue weighted by atomic mass is 10.1. The molecule has 0 fully saturated rings. The second-order valence-corrected chi connectivity index (χ2v) is 5.40. The van der Waals surface area contributed by atoms with Crippen molar-refractivity contribution in [1.82, 2.24) is 0 Å². The van der Waals surface area contributed by atoms with Crippen LogP contribution in [-0.2, 0) is 0 Å². The van der Waals surface area contributed by atoms with E-state index in [1.54, 1.807) is 0 Å². The fourth-order valence-corrected chi connectivity index (χ4v) is 2.28. The molecule has 0 spiro atoms. The van der Waals surface area contributed by atoms with E-state index >= 15 is 0 Å². The number of nitriles is 1. The molecule has 0 amide bonds. The van der Waals surface area contributed by atoms with Crippen molar-refractivity contribution in [1.29, 1.82) is 5.26 Å². The molecule has 1 heteroatoms. The molecule has 0 heterocycles. The summed E-state index contributed by atoms with van der Waals surface area (Å²) in [6.07, 6.45) is 16.5. The first-order valence-electron chi connectivity index (χ1n) is 8.03. The van der Waals surface area contributed by atoms with E-state index in [4.69, 9.17) is 5.26 Å². The van der Waals surface area contributed by atoms with E-state index < -0.39 is 0 Å². The van der Waals surface area contributed by atoms with Crippen molar-refractivity contribution in [3.05, 3.63) is 41.5 Å². The normalized spacial score (nSPS) is 10.8. The van der Waals surface area contributed by atoms with Crippen LogP contribution in [0, 0.1) is 11.3 Å². The second-order valence-electron chi connectivity index (χ2n) is 5.40. The van der Waals surface area contributed by atoms with E-state index in [0.29, 0.717) is 0 Å². The van der Waals surface area contributed by atoms with Gasteiger partial charge in [0.1, 0.15) is 0 Å². The molecule has 0 aromatic heterocycles. The highest BCUT2D eigenvalue weighted by atomic mass is 14.2. The van der Waals surface area contributed by atoms with Crippen LogP contribution in [0.1, 0.15) is 75.8 Å². The molecule has 0 unspecified atom stereocenters. The number of hydrogen-bond donors (Lipinski definition) is 0. The van der Waals surface area contributed by atoms with E-state index in [2.05, 4.69) is 25.1 Å². The van der Waals surface area contributed by atoms with Gasteiger partial charge in [-0.25, -0.2) is 0 Å².